The van der Waals surface area contributed by atoms with E-state index in [1.807, 2.05) is 31.2 Å². The molecule has 1 unspecified atom stereocenters. The number of hydrogen-bond donors (Lipinski definition) is 2. The summed E-state index contributed by atoms with van der Waals surface area (Å²) in [6, 6.07) is 13.9. The lowest BCUT2D eigenvalue weighted by Crippen LogP contribution is -2.40. The number of rotatable bonds is 3. The molecule has 2 aromatic carbocycles. The molecule has 0 radical (unpaired) electrons. The Morgan fingerprint density at radius 1 is 1.22 bits per heavy atom. The number of amides is 1. The molecule has 0 aliphatic carbocycles. The van der Waals surface area contributed by atoms with Crippen molar-refractivity contribution in [1.29, 1.82) is 0 Å². The van der Waals surface area contributed by atoms with Crippen molar-refractivity contribution in [3.8, 4) is 5.75 Å². The van der Waals surface area contributed by atoms with E-state index in [-0.39, 0.29) is 11.7 Å². The summed E-state index contributed by atoms with van der Waals surface area (Å²) in [5.74, 6) is -0.118. The van der Waals surface area contributed by atoms with Crippen molar-refractivity contribution < 1.29 is 9.90 Å². The highest BCUT2D eigenvalue weighted by Gasteiger charge is 2.34. The highest BCUT2D eigenvalue weighted by atomic mass is 35.5. The predicted molar refractivity (Wildman–Crippen MR) is 106 cm³/mol. The summed E-state index contributed by atoms with van der Waals surface area (Å²) in [7, 11) is 0. The number of carbonyl (C=O) groups is 1. The topological polar surface area (TPSA) is 65.5 Å². The molecule has 0 fully saturated rings. The molecule has 7 heteroatoms. The van der Waals surface area contributed by atoms with E-state index in [2.05, 4.69) is 10.4 Å². The summed E-state index contributed by atoms with van der Waals surface area (Å²) >= 11 is 7.41. The van der Waals surface area contributed by atoms with Gasteiger partial charge in [0.25, 0.3) is 5.91 Å². The third-order valence-corrected chi connectivity index (χ3v) is 5.43. The molecule has 0 saturated heterocycles. The number of benzene rings is 2. The van der Waals surface area contributed by atoms with Crippen LogP contribution in [0.15, 0.2) is 60.1 Å². The van der Waals surface area contributed by atoms with E-state index in [9.17, 15) is 9.90 Å². The van der Waals surface area contributed by atoms with E-state index in [1.165, 1.54) is 16.3 Å². The number of hydrazine groups is 1. The Bertz CT molecular complexity index is 1030. The number of carbonyl (C=O) groups excluding carboxylic acids is 1. The molecule has 0 bridgehead atoms. The molecule has 1 aromatic heterocycles. The van der Waals surface area contributed by atoms with Crippen LogP contribution in [0.2, 0.25) is 5.02 Å². The lowest BCUT2D eigenvalue weighted by atomic mass is 10.0. The minimum absolute atomic E-state index is 0.130. The van der Waals surface area contributed by atoms with E-state index in [1.54, 1.807) is 35.8 Å². The number of hydrogen-bond acceptors (Lipinski definition) is 5. The summed E-state index contributed by atoms with van der Waals surface area (Å²) in [6.45, 7) is 1.86. The first-order chi connectivity index (χ1) is 13.0. The standard InChI is InChI=1S/C20H16ClN3O2S/c1-12-19(22-11-27-12)20(26)24-17(15-4-2-3-5-18(15)25)10-16(23-24)13-6-8-14(21)9-7-13/h2-11,17,23,25H,1H3. The summed E-state index contributed by atoms with van der Waals surface area (Å²) < 4.78 is 0. The first-order valence-electron chi connectivity index (χ1n) is 8.30. The van der Waals surface area contributed by atoms with E-state index in [0.717, 1.165) is 16.1 Å². The highest BCUT2D eigenvalue weighted by Crippen LogP contribution is 2.36. The lowest BCUT2D eigenvalue weighted by molar-refractivity contribution is 0.0665. The smallest absolute Gasteiger partial charge is 0.292 e. The minimum atomic E-state index is -0.467. The van der Waals surface area contributed by atoms with Gasteiger partial charge in [-0.25, -0.2) is 9.99 Å². The van der Waals surface area contributed by atoms with E-state index < -0.39 is 6.04 Å². The van der Waals surface area contributed by atoms with Crippen LogP contribution in [0.3, 0.4) is 0 Å². The number of phenolic OH excluding ortho intramolecular Hbond substituents is 1. The third-order valence-electron chi connectivity index (χ3n) is 4.42. The molecule has 1 aliphatic heterocycles. The quantitative estimate of drug-likeness (QED) is 0.680. The van der Waals surface area contributed by atoms with Gasteiger partial charge in [0.1, 0.15) is 17.5 Å². The zero-order chi connectivity index (χ0) is 19.0. The molecular weight excluding hydrogens is 382 g/mol. The van der Waals surface area contributed by atoms with Gasteiger partial charge >= 0.3 is 0 Å². The Balaban J connectivity index is 1.76. The molecule has 5 nitrogen and oxygen atoms in total. The number of phenols is 1. The Morgan fingerprint density at radius 3 is 2.63 bits per heavy atom. The van der Waals surface area contributed by atoms with Gasteiger partial charge in [0.15, 0.2) is 0 Å². The predicted octanol–water partition coefficient (Wildman–Crippen LogP) is 4.55. The van der Waals surface area contributed by atoms with Gasteiger partial charge in [-0.15, -0.1) is 11.3 Å². The number of para-hydroxylation sites is 1. The second-order valence-electron chi connectivity index (χ2n) is 6.13. The largest absolute Gasteiger partial charge is 0.508 e. The molecule has 3 aromatic rings. The molecule has 2 N–H and O–H groups in total. The van der Waals surface area contributed by atoms with Crippen molar-refractivity contribution in [2.75, 3.05) is 0 Å². The molecular formula is C20H16ClN3O2S. The van der Waals surface area contributed by atoms with Gasteiger partial charge in [0, 0.05) is 15.5 Å². The Labute approximate surface area is 165 Å². The number of aryl methyl sites for hydroxylation is 1. The fourth-order valence-electron chi connectivity index (χ4n) is 3.03. The third kappa shape index (κ3) is 3.29. The molecule has 0 saturated carbocycles. The van der Waals surface area contributed by atoms with Crippen molar-refractivity contribution in [2.45, 2.75) is 13.0 Å². The monoisotopic (exact) mass is 397 g/mol. The lowest BCUT2D eigenvalue weighted by Gasteiger charge is -2.25. The maximum Gasteiger partial charge on any atom is 0.292 e. The molecule has 2 heterocycles. The molecule has 27 heavy (non-hydrogen) atoms. The minimum Gasteiger partial charge on any atom is -0.508 e. The van der Waals surface area contributed by atoms with Crippen molar-refractivity contribution in [2.24, 2.45) is 0 Å². The molecule has 136 valence electrons. The molecule has 1 atom stereocenters. The summed E-state index contributed by atoms with van der Waals surface area (Å²) in [4.78, 5) is 18.2. The zero-order valence-electron chi connectivity index (χ0n) is 14.4. The maximum absolute atomic E-state index is 13.1. The summed E-state index contributed by atoms with van der Waals surface area (Å²) in [6.07, 6.45) is 1.91. The SMILES string of the molecule is Cc1scnc1C(=O)N1NC(c2ccc(Cl)cc2)=CC1c1ccccc1O. The van der Waals surface area contributed by atoms with Crippen molar-refractivity contribution in [1.82, 2.24) is 15.4 Å². The Hall–Kier alpha value is -2.83. The van der Waals surface area contributed by atoms with Crippen LogP contribution in [0.4, 0.5) is 0 Å². The molecule has 1 amide bonds. The van der Waals surface area contributed by atoms with Crippen LogP contribution in [-0.2, 0) is 0 Å². The van der Waals surface area contributed by atoms with Crippen LogP contribution in [-0.4, -0.2) is 21.0 Å². The molecule has 1 aliphatic rings. The number of halogens is 1. The Morgan fingerprint density at radius 2 is 1.96 bits per heavy atom. The summed E-state index contributed by atoms with van der Waals surface area (Å²) in [5, 5.41) is 12.5. The first kappa shape index (κ1) is 17.6. The first-order valence-corrected chi connectivity index (χ1v) is 9.56. The van der Waals surface area contributed by atoms with Crippen molar-refractivity contribution in [3.05, 3.63) is 86.8 Å². The summed E-state index contributed by atoms with van der Waals surface area (Å²) in [5.41, 5.74) is 7.52. The average molecular weight is 398 g/mol. The second-order valence-corrected chi connectivity index (χ2v) is 7.63. The van der Waals surface area contributed by atoms with Crippen LogP contribution in [0.5, 0.6) is 5.75 Å². The van der Waals surface area contributed by atoms with Crippen molar-refractivity contribution in [3.63, 3.8) is 0 Å². The van der Waals surface area contributed by atoms with Crippen molar-refractivity contribution >= 4 is 34.5 Å². The van der Waals surface area contributed by atoms with Crippen LogP contribution in [0.1, 0.15) is 32.5 Å². The van der Waals surface area contributed by atoms with Gasteiger partial charge in [-0.05, 0) is 36.8 Å². The number of thiazole rings is 1. The van der Waals surface area contributed by atoms with Gasteiger partial charge in [0.05, 0.1) is 11.2 Å². The maximum atomic E-state index is 13.1. The normalized spacial score (nSPS) is 16.1. The van der Waals surface area contributed by atoms with E-state index in [0.29, 0.717) is 16.3 Å². The van der Waals surface area contributed by atoms with Gasteiger partial charge in [-0.1, -0.05) is 41.9 Å². The second kappa shape index (κ2) is 7.06. The zero-order valence-corrected chi connectivity index (χ0v) is 16.0. The van der Waals surface area contributed by atoms with Gasteiger partial charge in [0.2, 0.25) is 0 Å². The van der Waals surface area contributed by atoms with Crippen LogP contribution in [0, 0.1) is 6.92 Å². The fourth-order valence-corrected chi connectivity index (χ4v) is 3.72. The number of nitrogens with zero attached hydrogens (tertiary/aromatic N) is 2. The molecule has 4 rings (SSSR count). The highest BCUT2D eigenvalue weighted by molar-refractivity contribution is 7.09. The van der Waals surface area contributed by atoms with Crippen LogP contribution in [0.25, 0.3) is 5.70 Å². The van der Waals surface area contributed by atoms with Gasteiger partial charge in [-0.3, -0.25) is 10.2 Å². The molecule has 0 spiro atoms. The van der Waals surface area contributed by atoms with Gasteiger partial charge < -0.3 is 5.11 Å². The van der Waals surface area contributed by atoms with E-state index in [4.69, 9.17) is 11.6 Å². The van der Waals surface area contributed by atoms with Crippen LogP contribution >= 0.6 is 22.9 Å². The number of aromatic nitrogens is 1. The average Bonchev–Trinajstić information content (AvgIpc) is 3.29. The fraction of sp³-hybridized carbons (Fsp3) is 0.100. The van der Waals surface area contributed by atoms with Gasteiger partial charge in [-0.2, -0.15) is 0 Å². The van der Waals surface area contributed by atoms with Crippen LogP contribution < -0.4 is 5.43 Å². The number of aromatic hydroxyl groups is 1. The van der Waals surface area contributed by atoms with E-state index >= 15 is 0 Å². The Kier molecular flexibility index (Phi) is 4.59. The number of nitrogens with one attached hydrogen (secondary N) is 1.